The average Bonchev–Trinajstić information content (AvgIpc) is 2.67. The Hall–Kier alpha value is -2.36. The van der Waals surface area contributed by atoms with Crippen LogP contribution in [0.4, 0.5) is 5.69 Å². The quantitative estimate of drug-likeness (QED) is 0.709. The molecule has 0 fully saturated rings. The number of rotatable bonds is 1. The van der Waals surface area contributed by atoms with Gasteiger partial charge in [-0.15, -0.1) is 0 Å². The van der Waals surface area contributed by atoms with Crippen LogP contribution in [0.5, 0.6) is 0 Å². The number of anilines is 1. The predicted octanol–water partition coefficient (Wildman–Crippen LogP) is 2.62. The highest BCUT2D eigenvalue weighted by Gasteiger charge is 2.10. The van der Waals surface area contributed by atoms with E-state index in [1.807, 2.05) is 29.8 Å². The Bertz CT molecular complexity index is 728. The molecule has 0 unspecified atom stereocenters. The minimum Gasteiger partial charge on any atom is -0.397 e. The molecule has 4 heteroatoms. The smallest absolute Gasteiger partial charge is 0.163 e. The van der Waals surface area contributed by atoms with E-state index in [-0.39, 0.29) is 0 Å². The van der Waals surface area contributed by atoms with Crippen molar-refractivity contribution < 1.29 is 0 Å². The van der Waals surface area contributed by atoms with E-state index < -0.39 is 0 Å². The van der Waals surface area contributed by atoms with Crippen LogP contribution in [0.2, 0.25) is 0 Å². The highest BCUT2D eigenvalue weighted by molar-refractivity contribution is 5.82. The van der Waals surface area contributed by atoms with Gasteiger partial charge in [-0.2, -0.15) is 5.10 Å². The normalized spacial score (nSPS) is 11.0. The van der Waals surface area contributed by atoms with Gasteiger partial charge in [0.15, 0.2) is 5.65 Å². The number of nitrogens with zero attached hydrogens (tertiary/aromatic N) is 3. The van der Waals surface area contributed by atoms with Crippen LogP contribution >= 0.6 is 0 Å². The maximum atomic E-state index is 5.77. The monoisotopic (exact) mass is 238 g/mol. The molecule has 0 bridgehead atoms. The van der Waals surface area contributed by atoms with E-state index in [9.17, 15) is 0 Å². The number of hydrogen-bond donors (Lipinski definition) is 1. The maximum Gasteiger partial charge on any atom is 0.163 e. The van der Waals surface area contributed by atoms with Gasteiger partial charge in [-0.1, -0.05) is 12.1 Å². The molecule has 1 aromatic carbocycles. The summed E-state index contributed by atoms with van der Waals surface area (Å²) in [6, 6.07) is 10.1. The molecule has 2 aromatic heterocycles. The van der Waals surface area contributed by atoms with E-state index in [0.717, 1.165) is 22.4 Å². The van der Waals surface area contributed by atoms with Crippen molar-refractivity contribution in [1.29, 1.82) is 0 Å². The molecule has 2 N–H and O–H groups in total. The van der Waals surface area contributed by atoms with Gasteiger partial charge in [0.05, 0.1) is 23.3 Å². The Morgan fingerprint density at radius 3 is 2.78 bits per heavy atom. The highest BCUT2D eigenvalue weighted by atomic mass is 15.3. The molecular formula is C14H14N4. The summed E-state index contributed by atoms with van der Waals surface area (Å²) in [4.78, 5) is 4.38. The molecule has 0 radical (unpaired) electrons. The minimum atomic E-state index is 0.661. The second kappa shape index (κ2) is 3.84. The summed E-state index contributed by atoms with van der Waals surface area (Å²) in [6.45, 7) is 4.03. The van der Waals surface area contributed by atoms with Crippen LogP contribution in [0.15, 0.2) is 36.5 Å². The third-order valence-corrected chi connectivity index (χ3v) is 2.97. The van der Waals surface area contributed by atoms with Crippen molar-refractivity contribution in [3.8, 4) is 5.69 Å². The number of nitrogens with two attached hydrogens (primary N) is 1. The number of benzene rings is 1. The molecule has 0 aliphatic rings. The maximum absolute atomic E-state index is 5.77. The molecule has 3 aromatic rings. The van der Waals surface area contributed by atoms with Crippen LogP contribution in [0.1, 0.15) is 11.3 Å². The molecule has 0 amide bonds. The largest absolute Gasteiger partial charge is 0.397 e. The molecule has 0 saturated carbocycles. The molecule has 0 atom stereocenters. The summed E-state index contributed by atoms with van der Waals surface area (Å²) in [5.41, 5.74) is 10.4. The van der Waals surface area contributed by atoms with E-state index in [4.69, 9.17) is 5.73 Å². The van der Waals surface area contributed by atoms with Crippen LogP contribution in [-0.2, 0) is 0 Å². The summed E-state index contributed by atoms with van der Waals surface area (Å²) in [6.07, 6.45) is 1.66. The van der Waals surface area contributed by atoms with Gasteiger partial charge in [-0.3, -0.25) is 0 Å². The van der Waals surface area contributed by atoms with Crippen LogP contribution in [0.25, 0.3) is 16.7 Å². The van der Waals surface area contributed by atoms with Crippen molar-refractivity contribution in [3.05, 3.63) is 47.8 Å². The Morgan fingerprint density at radius 1 is 1.17 bits per heavy atom. The number of aromatic nitrogens is 3. The molecule has 90 valence electrons. The summed E-state index contributed by atoms with van der Waals surface area (Å²) >= 11 is 0. The molecule has 2 heterocycles. The second-order valence-corrected chi connectivity index (χ2v) is 4.48. The zero-order valence-corrected chi connectivity index (χ0v) is 10.4. The number of pyridine rings is 1. The lowest BCUT2D eigenvalue weighted by atomic mass is 10.2. The summed E-state index contributed by atoms with van der Waals surface area (Å²) in [5, 5.41) is 5.54. The van der Waals surface area contributed by atoms with E-state index in [1.54, 1.807) is 6.20 Å². The van der Waals surface area contributed by atoms with Crippen molar-refractivity contribution in [1.82, 2.24) is 14.8 Å². The van der Waals surface area contributed by atoms with Crippen molar-refractivity contribution in [2.75, 3.05) is 5.73 Å². The lowest BCUT2D eigenvalue weighted by Crippen LogP contribution is -1.98. The molecular weight excluding hydrogens is 224 g/mol. The average molecular weight is 238 g/mol. The van der Waals surface area contributed by atoms with Crippen LogP contribution in [0.3, 0.4) is 0 Å². The Labute approximate surface area is 105 Å². The fourth-order valence-electron chi connectivity index (χ4n) is 2.10. The molecule has 18 heavy (non-hydrogen) atoms. The lowest BCUT2D eigenvalue weighted by Gasteiger charge is -2.03. The Kier molecular flexibility index (Phi) is 2.30. The zero-order chi connectivity index (χ0) is 12.7. The summed E-state index contributed by atoms with van der Waals surface area (Å²) in [7, 11) is 0. The SMILES string of the molecule is Cc1cccc(-n2nc(C)c3cc(N)cnc32)c1. The molecule has 0 spiro atoms. The molecule has 0 saturated heterocycles. The summed E-state index contributed by atoms with van der Waals surface area (Å²) < 4.78 is 1.86. The van der Waals surface area contributed by atoms with Crippen molar-refractivity contribution in [2.45, 2.75) is 13.8 Å². The van der Waals surface area contributed by atoms with Crippen LogP contribution in [-0.4, -0.2) is 14.8 Å². The summed E-state index contributed by atoms with van der Waals surface area (Å²) in [5.74, 6) is 0. The fraction of sp³-hybridized carbons (Fsp3) is 0.143. The molecule has 4 nitrogen and oxygen atoms in total. The van der Waals surface area contributed by atoms with Gasteiger partial charge in [0.1, 0.15) is 0 Å². The van der Waals surface area contributed by atoms with Crippen molar-refractivity contribution in [3.63, 3.8) is 0 Å². The first-order chi connectivity index (χ1) is 8.65. The van der Waals surface area contributed by atoms with Gasteiger partial charge < -0.3 is 5.73 Å². The van der Waals surface area contributed by atoms with Crippen LogP contribution < -0.4 is 5.73 Å². The minimum absolute atomic E-state index is 0.661. The first-order valence-electron chi connectivity index (χ1n) is 5.83. The lowest BCUT2D eigenvalue weighted by molar-refractivity contribution is 0.876. The van der Waals surface area contributed by atoms with Gasteiger partial charge >= 0.3 is 0 Å². The molecule has 0 aliphatic carbocycles. The Morgan fingerprint density at radius 2 is 2.00 bits per heavy atom. The molecule has 3 rings (SSSR count). The van der Waals surface area contributed by atoms with Gasteiger partial charge in [0.2, 0.25) is 0 Å². The number of hydrogen-bond acceptors (Lipinski definition) is 3. The number of aryl methyl sites for hydroxylation is 2. The van der Waals surface area contributed by atoms with Crippen molar-refractivity contribution in [2.24, 2.45) is 0 Å². The van der Waals surface area contributed by atoms with Crippen molar-refractivity contribution >= 4 is 16.7 Å². The van der Waals surface area contributed by atoms with Gasteiger partial charge in [0.25, 0.3) is 0 Å². The topological polar surface area (TPSA) is 56.7 Å². The Balaban J connectivity index is 2.30. The predicted molar refractivity (Wildman–Crippen MR) is 72.8 cm³/mol. The number of fused-ring (bicyclic) bond motifs is 1. The third-order valence-electron chi connectivity index (χ3n) is 2.97. The number of nitrogen functional groups attached to an aromatic ring is 1. The second-order valence-electron chi connectivity index (χ2n) is 4.48. The van der Waals surface area contributed by atoms with Crippen LogP contribution in [0, 0.1) is 13.8 Å². The van der Waals surface area contributed by atoms with E-state index in [2.05, 4.69) is 29.1 Å². The van der Waals surface area contributed by atoms with E-state index in [0.29, 0.717) is 5.69 Å². The third kappa shape index (κ3) is 1.62. The van der Waals surface area contributed by atoms with E-state index >= 15 is 0 Å². The molecule has 0 aliphatic heterocycles. The fourth-order valence-corrected chi connectivity index (χ4v) is 2.10. The first kappa shape index (κ1) is 10.8. The van der Waals surface area contributed by atoms with Gasteiger partial charge in [-0.25, -0.2) is 9.67 Å². The van der Waals surface area contributed by atoms with Gasteiger partial charge in [-0.05, 0) is 37.6 Å². The van der Waals surface area contributed by atoms with E-state index in [1.165, 1.54) is 5.56 Å². The van der Waals surface area contributed by atoms with Gasteiger partial charge in [0, 0.05) is 5.39 Å². The standard InChI is InChI=1S/C14H14N4/c1-9-4-3-5-12(6-9)18-14-13(10(2)17-18)7-11(15)8-16-14/h3-8H,15H2,1-2H3. The highest BCUT2D eigenvalue weighted by Crippen LogP contribution is 2.22. The first-order valence-corrected chi connectivity index (χ1v) is 5.83. The zero-order valence-electron chi connectivity index (χ0n) is 10.4.